The van der Waals surface area contributed by atoms with Gasteiger partial charge in [-0.1, -0.05) is 24.3 Å². The molecule has 2 N–H and O–H groups in total. The number of aryl methyl sites for hydroxylation is 1. The van der Waals surface area contributed by atoms with Gasteiger partial charge in [-0.05, 0) is 44.2 Å². The number of nitrogens with one attached hydrogen (secondary N) is 1. The molecular formula is C19H26N4O2. The molecule has 6 heteroatoms. The highest BCUT2D eigenvalue weighted by molar-refractivity contribution is 5.89. The van der Waals surface area contributed by atoms with Gasteiger partial charge in [0.15, 0.2) is 0 Å². The van der Waals surface area contributed by atoms with Crippen LogP contribution in [-0.4, -0.2) is 39.0 Å². The molecule has 0 saturated carbocycles. The number of carbonyl (C=O) groups excluding carboxylic acids is 1. The molecule has 1 aliphatic rings. The van der Waals surface area contributed by atoms with E-state index in [1.54, 1.807) is 11.1 Å². The molecule has 3 rings (SSSR count). The van der Waals surface area contributed by atoms with Crippen molar-refractivity contribution in [2.45, 2.75) is 45.2 Å². The summed E-state index contributed by atoms with van der Waals surface area (Å²) in [5, 5.41) is 16.6. The van der Waals surface area contributed by atoms with Crippen molar-refractivity contribution in [2.24, 2.45) is 0 Å². The van der Waals surface area contributed by atoms with Crippen molar-refractivity contribution in [1.82, 2.24) is 14.7 Å². The lowest BCUT2D eigenvalue weighted by Gasteiger charge is -2.35. The van der Waals surface area contributed by atoms with Gasteiger partial charge in [-0.25, -0.2) is 4.79 Å². The van der Waals surface area contributed by atoms with Crippen molar-refractivity contribution in [3.63, 3.8) is 0 Å². The number of amides is 2. The quantitative estimate of drug-likeness (QED) is 0.875. The van der Waals surface area contributed by atoms with E-state index in [1.807, 2.05) is 36.9 Å². The fourth-order valence-electron chi connectivity index (χ4n) is 3.44. The third kappa shape index (κ3) is 3.85. The maximum absolute atomic E-state index is 12.9. The van der Waals surface area contributed by atoms with Gasteiger partial charge in [-0.15, -0.1) is 0 Å². The highest BCUT2D eigenvalue weighted by atomic mass is 16.3. The molecule has 0 saturated heterocycles. The lowest BCUT2D eigenvalue weighted by molar-refractivity contribution is 0.155. The molecular weight excluding hydrogens is 316 g/mol. The Bertz CT molecular complexity index is 726. The zero-order valence-corrected chi connectivity index (χ0v) is 14.9. The summed E-state index contributed by atoms with van der Waals surface area (Å²) >= 11 is 0. The Morgan fingerprint density at radius 1 is 1.44 bits per heavy atom. The number of benzene rings is 1. The summed E-state index contributed by atoms with van der Waals surface area (Å²) in [6, 6.07) is 8.31. The molecule has 134 valence electrons. The smallest absolute Gasteiger partial charge is 0.322 e. The van der Waals surface area contributed by atoms with Gasteiger partial charge in [0, 0.05) is 18.8 Å². The average molecular weight is 342 g/mol. The summed E-state index contributed by atoms with van der Waals surface area (Å²) in [4.78, 5) is 14.6. The van der Waals surface area contributed by atoms with E-state index >= 15 is 0 Å². The standard InChI is InChI=1S/C19H26N4O2/c1-14(2)23-13-16(12-20-23)21-19(25)22(10-11-24)18-9-5-7-15-6-3-4-8-17(15)18/h3-4,6,8,12-14,18,24H,5,7,9-11H2,1-2H3,(H,21,25). The van der Waals surface area contributed by atoms with E-state index < -0.39 is 0 Å². The number of hydrogen-bond donors (Lipinski definition) is 2. The third-order valence-electron chi connectivity index (χ3n) is 4.70. The molecule has 0 aliphatic heterocycles. The first-order valence-electron chi connectivity index (χ1n) is 8.90. The van der Waals surface area contributed by atoms with Crippen molar-refractivity contribution in [2.75, 3.05) is 18.5 Å². The summed E-state index contributed by atoms with van der Waals surface area (Å²) in [6.07, 6.45) is 6.48. The predicted octanol–water partition coefficient (Wildman–Crippen LogP) is 3.37. The minimum atomic E-state index is -0.195. The Labute approximate surface area is 148 Å². The van der Waals surface area contributed by atoms with Gasteiger partial charge >= 0.3 is 6.03 Å². The van der Waals surface area contributed by atoms with Crippen LogP contribution in [0, 0.1) is 0 Å². The third-order valence-corrected chi connectivity index (χ3v) is 4.70. The molecule has 1 unspecified atom stereocenters. The minimum Gasteiger partial charge on any atom is -0.395 e. The fraction of sp³-hybridized carbons (Fsp3) is 0.474. The van der Waals surface area contributed by atoms with Gasteiger partial charge in [0.25, 0.3) is 0 Å². The largest absolute Gasteiger partial charge is 0.395 e. The van der Waals surface area contributed by atoms with Crippen LogP contribution in [0.5, 0.6) is 0 Å². The van der Waals surface area contributed by atoms with E-state index in [4.69, 9.17) is 0 Å². The molecule has 2 aromatic rings. The zero-order valence-electron chi connectivity index (χ0n) is 14.9. The van der Waals surface area contributed by atoms with Crippen molar-refractivity contribution >= 4 is 11.7 Å². The lowest BCUT2D eigenvalue weighted by atomic mass is 9.87. The molecule has 1 aromatic carbocycles. The number of urea groups is 1. The molecule has 0 spiro atoms. The maximum Gasteiger partial charge on any atom is 0.322 e. The van der Waals surface area contributed by atoms with Crippen molar-refractivity contribution in [3.8, 4) is 0 Å². The number of aliphatic hydroxyl groups excluding tert-OH is 1. The molecule has 1 aromatic heterocycles. The summed E-state index contributed by atoms with van der Waals surface area (Å²) in [5.74, 6) is 0. The maximum atomic E-state index is 12.9. The van der Waals surface area contributed by atoms with E-state index in [1.165, 1.54) is 11.1 Å². The number of aromatic nitrogens is 2. The van der Waals surface area contributed by atoms with Crippen LogP contribution in [0.25, 0.3) is 0 Å². The normalized spacial score (nSPS) is 16.6. The lowest BCUT2D eigenvalue weighted by Crippen LogP contribution is -2.41. The van der Waals surface area contributed by atoms with Crippen LogP contribution in [0.2, 0.25) is 0 Å². The molecule has 0 radical (unpaired) electrons. The molecule has 25 heavy (non-hydrogen) atoms. The summed E-state index contributed by atoms with van der Waals surface area (Å²) in [5.41, 5.74) is 3.16. The number of carbonyl (C=O) groups is 1. The Morgan fingerprint density at radius 3 is 2.96 bits per heavy atom. The van der Waals surface area contributed by atoms with Crippen LogP contribution >= 0.6 is 0 Å². The summed E-state index contributed by atoms with van der Waals surface area (Å²) in [6.45, 7) is 4.33. The van der Waals surface area contributed by atoms with E-state index in [9.17, 15) is 9.90 Å². The zero-order chi connectivity index (χ0) is 17.8. The van der Waals surface area contributed by atoms with Crippen molar-refractivity contribution in [3.05, 3.63) is 47.8 Å². The average Bonchev–Trinajstić information content (AvgIpc) is 3.08. The molecule has 0 bridgehead atoms. The second-order valence-corrected chi connectivity index (χ2v) is 6.76. The van der Waals surface area contributed by atoms with E-state index in [-0.39, 0.29) is 24.7 Å². The van der Waals surface area contributed by atoms with Crippen LogP contribution in [0.15, 0.2) is 36.7 Å². The van der Waals surface area contributed by atoms with Gasteiger partial charge < -0.3 is 15.3 Å². The van der Waals surface area contributed by atoms with Crippen LogP contribution in [0.4, 0.5) is 10.5 Å². The highest BCUT2D eigenvalue weighted by Crippen LogP contribution is 2.34. The Balaban J connectivity index is 1.80. The number of fused-ring (bicyclic) bond motifs is 1. The number of rotatable bonds is 5. The second-order valence-electron chi connectivity index (χ2n) is 6.76. The number of anilines is 1. The molecule has 6 nitrogen and oxygen atoms in total. The van der Waals surface area contributed by atoms with Crippen LogP contribution in [-0.2, 0) is 6.42 Å². The minimum absolute atomic E-state index is 0.00255. The molecule has 1 heterocycles. The van der Waals surface area contributed by atoms with E-state index in [2.05, 4.69) is 22.5 Å². The topological polar surface area (TPSA) is 70.4 Å². The first-order chi connectivity index (χ1) is 12.1. The van der Waals surface area contributed by atoms with Gasteiger partial charge in [0.05, 0.1) is 24.5 Å². The van der Waals surface area contributed by atoms with Gasteiger partial charge in [-0.2, -0.15) is 5.10 Å². The molecule has 2 amide bonds. The molecule has 0 fully saturated rings. The Kier molecular flexibility index (Phi) is 5.38. The summed E-state index contributed by atoms with van der Waals surface area (Å²) < 4.78 is 1.81. The van der Waals surface area contributed by atoms with E-state index in [0.717, 1.165) is 19.3 Å². The second kappa shape index (κ2) is 7.70. The molecule has 1 aliphatic carbocycles. The predicted molar refractivity (Wildman–Crippen MR) is 97.5 cm³/mol. The Morgan fingerprint density at radius 2 is 2.24 bits per heavy atom. The first kappa shape index (κ1) is 17.5. The summed E-state index contributed by atoms with van der Waals surface area (Å²) in [7, 11) is 0. The number of aliphatic hydroxyl groups is 1. The van der Waals surface area contributed by atoms with Crippen LogP contribution in [0.3, 0.4) is 0 Å². The fourth-order valence-corrected chi connectivity index (χ4v) is 3.44. The van der Waals surface area contributed by atoms with E-state index in [0.29, 0.717) is 12.2 Å². The van der Waals surface area contributed by atoms with Gasteiger partial charge in [0.1, 0.15) is 0 Å². The number of nitrogens with zero attached hydrogens (tertiary/aromatic N) is 3. The van der Waals surface area contributed by atoms with Gasteiger partial charge in [0.2, 0.25) is 0 Å². The van der Waals surface area contributed by atoms with Crippen LogP contribution in [0.1, 0.15) is 49.9 Å². The molecule has 1 atom stereocenters. The van der Waals surface area contributed by atoms with Gasteiger partial charge in [-0.3, -0.25) is 4.68 Å². The Hall–Kier alpha value is -2.34. The monoisotopic (exact) mass is 342 g/mol. The van der Waals surface area contributed by atoms with Crippen LogP contribution < -0.4 is 5.32 Å². The SMILES string of the molecule is CC(C)n1cc(NC(=O)N(CCO)C2CCCc3ccccc32)cn1. The van der Waals surface area contributed by atoms with Crippen molar-refractivity contribution in [1.29, 1.82) is 0 Å². The highest BCUT2D eigenvalue weighted by Gasteiger charge is 2.29. The van der Waals surface area contributed by atoms with Crippen molar-refractivity contribution < 1.29 is 9.90 Å². The first-order valence-corrected chi connectivity index (χ1v) is 8.90. The number of hydrogen-bond acceptors (Lipinski definition) is 3.